The highest BCUT2D eigenvalue weighted by molar-refractivity contribution is 7.90. The third-order valence-electron chi connectivity index (χ3n) is 6.72. The maximum atomic E-state index is 13.3. The standard InChI is InChI=1S/C23H22F6N2O5S/c1-37(35,36)17-6-7-18-12(8-17)11-31(15-9-16(32)10-15)19(18)20(33)30-14-4-2-13(3-5-14)21(34,22(24,25)26)23(27,28)29/h2-8,15-16,19,32,34H,9-11H2,1H3,(H,30,33). The summed E-state index contributed by atoms with van der Waals surface area (Å²) < 4.78 is 103. The van der Waals surface area contributed by atoms with Crippen LogP contribution in [0.2, 0.25) is 0 Å². The molecule has 1 amide bonds. The van der Waals surface area contributed by atoms with Gasteiger partial charge in [0.1, 0.15) is 6.04 Å². The normalized spacial score (nSPS) is 22.9. The minimum Gasteiger partial charge on any atom is -0.393 e. The summed E-state index contributed by atoms with van der Waals surface area (Å²) in [6.07, 6.45) is -10.9. The second-order valence-corrected chi connectivity index (χ2v) is 11.3. The number of aliphatic hydroxyl groups is 2. The largest absolute Gasteiger partial charge is 0.430 e. The molecule has 2 aliphatic rings. The Kier molecular flexibility index (Phi) is 6.63. The smallest absolute Gasteiger partial charge is 0.393 e. The molecular formula is C23H22F6N2O5S. The lowest BCUT2D eigenvalue weighted by atomic mass is 9.87. The summed E-state index contributed by atoms with van der Waals surface area (Å²) >= 11 is 0. The van der Waals surface area contributed by atoms with E-state index in [-0.39, 0.29) is 23.2 Å². The van der Waals surface area contributed by atoms with Crippen LogP contribution in [-0.2, 0) is 26.8 Å². The molecule has 0 spiro atoms. The number of fused-ring (bicyclic) bond motifs is 1. The van der Waals surface area contributed by atoms with Crippen molar-refractivity contribution in [1.29, 1.82) is 0 Å². The fourth-order valence-electron chi connectivity index (χ4n) is 4.64. The lowest BCUT2D eigenvalue weighted by molar-refractivity contribution is -0.376. The third-order valence-corrected chi connectivity index (χ3v) is 7.83. The number of benzene rings is 2. The highest BCUT2D eigenvalue weighted by atomic mass is 32.2. The summed E-state index contributed by atoms with van der Waals surface area (Å²) in [6, 6.07) is 5.63. The number of carbonyl (C=O) groups excluding carboxylic acids is 1. The number of amides is 1. The molecule has 3 N–H and O–H groups in total. The zero-order valence-corrected chi connectivity index (χ0v) is 20.0. The fraction of sp³-hybridized carbons (Fsp3) is 0.435. The SMILES string of the molecule is CS(=O)(=O)c1ccc2c(c1)CN(C1CC(O)C1)C2C(=O)Nc1ccc(C(O)(C(F)(F)F)C(F)(F)F)cc1. The molecule has 14 heteroatoms. The zero-order chi connectivity index (χ0) is 27.6. The van der Waals surface area contributed by atoms with Gasteiger partial charge in [0.05, 0.1) is 11.0 Å². The van der Waals surface area contributed by atoms with Gasteiger partial charge < -0.3 is 15.5 Å². The number of carbonyl (C=O) groups is 1. The summed E-state index contributed by atoms with van der Waals surface area (Å²) in [7, 11) is -3.53. The van der Waals surface area contributed by atoms with Crippen molar-refractivity contribution < 1.29 is 49.8 Å². The van der Waals surface area contributed by atoms with E-state index < -0.39 is 51.4 Å². The first-order chi connectivity index (χ1) is 16.9. The second-order valence-electron chi connectivity index (χ2n) is 9.26. The van der Waals surface area contributed by atoms with Crippen molar-refractivity contribution in [2.45, 2.75) is 60.4 Å². The molecule has 37 heavy (non-hydrogen) atoms. The van der Waals surface area contributed by atoms with Crippen LogP contribution in [0.4, 0.5) is 32.0 Å². The molecule has 1 aliphatic heterocycles. The lowest BCUT2D eigenvalue weighted by Gasteiger charge is -2.41. The summed E-state index contributed by atoms with van der Waals surface area (Å²) in [6.45, 7) is 0.206. The van der Waals surface area contributed by atoms with Crippen molar-refractivity contribution >= 4 is 21.4 Å². The Morgan fingerprint density at radius 2 is 1.57 bits per heavy atom. The quantitative estimate of drug-likeness (QED) is 0.491. The summed E-state index contributed by atoms with van der Waals surface area (Å²) in [5.74, 6) is -0.651. The molecule has 1 aliphatic carbocycles. The van der Waals surface area contributed by atoms with Gasteiger partial charge in [0.15, 0.2) is 9.84 Å². The Hall–Kier alpha value is -2.68. The lowest BCUT2D eigenvalue weighted by Crippen LogP contribution is -2.53. The van der Waals surface area contributed by atoms with Gasteiger partial charge in [0.2, 0.25) is 5.91 Å². The second kappa shape index (κ2) is 8.96. The molecule has 0 bridgehead atoms. The van der Waals surface area contributed by atoms with Crippen LogP contribution in [0.1, 0.15) is 35.6 Å². The molecule has 1 unspecified atom stereocenters. The van der Waals surface area contributed by atoms with Crippen molar-refractivity contribution in [3.05, 3.63) is 59.2 Å². The van der Waals surface area contributed by atoms with E-state index in [2.05, 4.69) is 5.32 Å². The Labute approximate surface area is 207 Å². The van der Waals surface area contributed by atoms with E-state index in [1.807, 2.05) is 0 Å². The zero-order valence-electron chi connectivity index (χ0n) is 19.1. The highest BCUT2D eigenvalue weighted by Crippen LogP contribution is 2.50. The predicted octanol–water partition coefficient (Wildman–Crippen LogP) is 3.42. The van der Waals surface area contributed by atoms with E-state index in [0.717, 1.165) is 18.4 Å². The first-order valence-corrected chi connectivity index (χ1v) is 12.9. The van der Waals surface area contributed by atoms with Crippen molar-refractivity contribution in [3.63, 3.8) is 0 Å². The Balaban J connectivity index is 1.62. The van der Waals surface area contributed by atoms with E-state index >= 15 is 0 Å². The highest BCUT2D eigenvalue weighted by Gasteiger charge is 2.71. The summed E-state index contributed by atoms with van der Waals surface area (Å²) in [5, 5.41) is 21.7. The average Bonchev–Trinajstić information content (AvgIpc) is 3.13. The third kappa shape index (κ3) is 4.82. The van der Waals surface area contributed by atoms with Crippen LogP contribution in [0.3, 0.4) is 0 Å². The number of nitrogens with one attached hydrogen (secondary N) is 1. The number of aliphatic hydroxyl groups excluding tert-OH is 1. The van der Waals surface area contributed by atoms with Crippen molar-refractivity contribution in [2.75, 3.05) is 11.6 Å². The first kappa shape index (κ1) is 27.4. The van der Waals surface area contributed by atoms with Crippen molar-refractivity contribution in [2.24, 2.45) is 0 Å². The van der Waals surface area contributed by atoms with Crippen LogP contribution in [-0.4, -0.2) is 60.2 Å². The number of anilines is 1. The summed E-state index contributed by atoms with van der Waals surface area (Å²) in [5.41, 5.74) is -5.61. The van der Waals surface area contributed by atoms with Crippen LogP contribution in [0.5, 0.6) is 0 Å². The van der Waals surface area contributed by atoms with Crippen LogP contribution >= 0.6 is 0 Å². The monoisotopic (exact) mass is 552 g/mol. The van der Waals surface area contributed by atoms with Gasteiger partial charge in [-0.2, -0.15) is 26.3 Å². The van der Waals surface area contributed by atoms with Gasteiger partial charge in [-0.05, 0) is 48.2 Å². The molecule has 1 fully saturated rings. The van der Waals surface area contributed by atoms with E-state index in [9.17, 15) is 49.8 Å². The van der Waals surface area contributed by atoms with Crippen molar-refractivity contribution in [3.8, 4) is 0 Å². The molecule has 0 radical (unpaired) electrons. The maximum absolute atomic E-state index is 13.3. The van der Waals surface area contributed by atoms with Gasteiger partial charge in [0, 0.05) is 30.1 Å². The first-order valence-electron chi connectivity index (χ1n) is 11.0. The van der Waals surface area contributed by atoms with Gasteiger partial charge in [-0.1, -0.05) is 18.2 Å². The molecule has 0 aromatic heterocycles. The molecule has 4 rings (SSSR count). The van der Waals surface area contributed by atoms with E-state index in [1.54, 1.807) is 4.90 Å². The Bertz CT molecular complexity index is 1290. The van der Waals surface area contributed by atoms with Crippen LogP contribution in [0.15, 0.2) is 47.4 Å². The maximum Gasteiger partial charge on any atom is 0.430 e. The van der Waals surface area contributed by atoms with Gasteiger partial charge in [-0.3, -0.25) is 9.69 Å². The number of hydrogen-bond donors (Lipinski definition) is 3. The molecular weight excluding hydrogens is 530 g/mol. The van der Waals surface area contributed by atoms with Gasteiger partial charge in [-0.15, -0.1) is 0 Å². The average molecular weight is 552 g/mol. The van der Waals surface area contributed by atoms with Crippen LogP contribution in [0, 0.1) is 0 Å². The topological polar surface area (TPSA) is 107 Å². The minimum atomic E-state index is -6.04. The van der Waals surface area contributed by atoms with Crippen molar-refractivity contribution in [1.82, 2.24) is 4.90 Å². The van der Waals surface area contributed by atoms with E-state index in [4.69, 9.17) is 0 Å². The molecule has 0 saturated heterocycles. The Morgan fingerprint density at radius 3 is 2.05 bits per heavy atom. The molecule has 7 nitrogen and oxygen atoms in total. The van der Waals surface area contributed by atoms with Gasteiger partial charge >= 0.3 is 12.4 Å². The molecule has 2 aromatic carbocycles. The van der Waals surface area contributed by atoms with Crippen LogP contribution < -0.4 is 5.32 Å². The minimum absolute atomic E-state index is 0.0540. The predicted molar refractivity (Wildman–Crippen MR) is 118 cm³/mol. The number of nitrogens with zero attached hydrogens (tertiary/aromatic N) is 1. The number of halogens is 6. The number of alkyl halides is 6. The number of hydrogen-bond acceptors (Lipinski definition) is 6. The number of sulfone groups is 1. The van der Waals surface area contributed by atoms with E-state index in [0.29, 0.717) is 36.1 Å². The molecule has 1 heterocycles. The van der Waals surface area contributed by atoms with Gasteiger partial charge in [0.25, 0.3) is 5.60 Å². The Morgan fingerprint density at radius 1 is 1.00 bits per heavy atom. The molecule has 202 valence electrons. The van der Waals surface area contributed by atoms with Crippen LogP contribution in [0.25, 0.3) is 0 Å². The van der Waals surface area contributed by atoms with E-state index in [1.165, 1.54) is 18.2 Å². The molecule has 1 saturated carbocycles. The summed E-state index contributed by atoms with van der Waals surface area (Å²) in [4.78, 5) is 15.1. The van der Waals surface area contributed by atoms with Gasteiger partial charge in [-0.25, -0.2) is 8.42 Å². The number of rotatable bonds is 5. The molecule has 2 aromatic rings. The molecule has 1 atom stereocenters. The fourth-order valence-corrected chi connectivity index (χ4v) is 5.31.